The number of furan rings is 1. The molecule has 0 fully saturated rings. The molecule has 0 saturated heterocycles. The molecule has 1 aromatic carbocycles. The van der Waals surface area contributed by atoms with Crippen molar-refractivity contribution in [3.63, 3.8) is 0 Å². The van der Waals surface area contributed by atoms with Gasteiger partial charge in [-0.05, 0) is 30.5 Å². The molecule has 0 saturated carbocycles. The largest absolute Gasteiger partial charge is 0.481 e. The fraction of sp³-hybridized carbons (Fsp3) is 0.350. The number of aliphatic carboxylic acids is 1. The average molecular weight is 372 g/mol. The van der Waals surface area contributed by atoms with Gasteiger partial charge in [-0.25, -0.2) is 0 Å². The predicted octanol–water partition coefficient (Wildman–Crippen LogP) is 3.13. The Hall–Kier alpha value is -3.09. The molecule has 3 N–H and O–H groups in total. The molecule has 0 aliphatic carbocycles. The maximum Gasteiger partial charge on any atom is 0.311 e. The van der Waals surface area contributed by atoms with Crippen LogP contribution < -0.4 is 10.6 Å². The number of carboxylic acids is 1. The first kappa shape index (κ1) is 20.2. The first-order chi connectivity index (χ1) is 12.8. The number of rotatable bonds is 8. The van der Waals surface area contributed by atoms with Gasteiger partial charge in [0.2, 0.25) is 5.91 Å². The van der Waals surface area contributed by atoms with Gasteiger partial charge in [-0.2, -0.15) is 0 Å². The standard InChI is InChI=1S/C20H24N2O5/c1-12(2)7-17(23)22-15-6-4-5-14(8-15)10-21-20(26)19-13(3)11-27-16(19)9-18(24)25/h4-6,8,11-12H,7,9-10H2,1-3H3,(H,21,26)(H,22,23)(H,24,25). The SMILES string of the molecule is Cc1coc(CC(=O)O)c1C(=O)NCc1cccc(NC(=O)CC(C)C)c1. The third-order valence-electron chi connectivity index (χ3n) is 3.85. The normalized spacial score (nSPS) is 10.7. The third-order valence-corrected chi connectivity index (χ3v) is 3.85. The van der Waals surface area contributed by atoms with E-state index < -0.39 is 11.9 Å². The summed E-state index contributed by atoms with van der Waals surface area (Å²) in [7, 11) is 0. The lowest BCUT2D eigenvalue weighted by Crippen LogP contribution is -2.24. The fourth-order valence-electron chi connectivity index (χ4n) is 2.68. The highest BCUT2D eigenvalue weighted by Crippen LogP contribution is 2.18. The minimum absolute atomic E-state index is 0.0569. The van der Waals surface area contributed by atoms with Crippen molar-refractivity contribution in [2.45, 2.75) is 40.2 Å². The second-order valence-electron chi connectivity index (χ2n) is 6.82. The number of amides is 2. The Labute approximate surface area is 157 Å². The van der Waals surface area contributed by atoms with Crippen LogP contribution in [0.2, 0.25) is 0 Å². The van der Waals surface area contributed by atoms with Gasteiger partial charge in [0.25, 0.3) is 5.91 Å². The van der Waals surface area contributed by atoms with E-state index in [-0.39, 0.29) is 36.1 Å². The molecule has 1 heterocycles. The van der Waals surface area contributed by atoms with Gasteiger partial charge in [0.05, 0.1) is 11.8 Å². The molecule has 2 aromatic rings. The number of carbonyl (C=O) groups is 3. The van der Waals surface area contributed by atoms with Crippen LogP contribution in [-0.4, -0.2) is 22.9 Å². The molecule has 0 bridgehead atoms. The second kappa shape index (κ2) is 9.02. The van der Waals surface area contributed by atoms with E-state index in [0.29, 0.717) is 17.7 Å². The van der Waals surface area contributed by atoms with Crippen molar-refractivity contribution in [2.24, 2.45) is 5.92 Å². The molecule has 2 rings (SSSR count). The molecular weight excluding hydrogens is 348 g/mol. The summed E-state index contributed by atoms with van der Waals surface area (Å²) in [5.74, 6) is -1.12. The van der Waals surface area contributed by atoms with Gasteiger partial charge in [-0.15, -0.1) is 0 Å². The van der Waals surface area contributed by atoms with Gasteiger partial charge in [0.1, 0.15) is 12.2 Å². The minimum Gasteiger partial charge on any atom is -0.481 e. The smallest absolute Gasteiger partial charge is 0.311 e. The van der Waals surface area contributed by atoms with Crippen LogP contribution in [0.5, 0.6) is 0 Å². The molecule has 0 atom stereocenters. The Balaban J connectivity index is 2.02. The first-order valence-corrected chi connectivity index (χ1v) is 8.72. The minimum atomic E-state index is -1.07. The van der Waals surface area contributed by atoms with E-state index in [2.05, 4.69) is 10.6 Å². The van der Waals surface area contributed by atoms with Crippen molar-refractivity contribution < 1.29 is 23.9 Å². The molecule has 144 valence electrons. The average Bonchev–Trinajstić information content (AvgIpc) is 2.92. The molecule has 1 aromatic heterocycles. The van der Waals surface area contributed by atoms with E-state index >= 15 is 0 Å². The zero-order chi connectivity index (χ0) is 20.0. The van der Waals surface area contributed by atoms with E-state index in [1.54, 1.807) is 25.1 Å². The van der Waals surface area contributed by atoms with Gasteiger partial charge < -0.3 is 20.2 Å². The Bertz CT molecular complexity index is 839. The molecule has 0 aliphatic heterocycles. The number of hydrogen-bond donors (Lipinski definition) is 3. The number of nitrogens with one attached hydrogen (secondary N) is 2. The van der Waals surface area contributed by atoms with E-state index in [1.807, 2.05) is 19.9 Å². The van der Waals surface area contributed by atoms with Crippen molar-refractivity contribution in [1.82, 2.24) is 5.32 Å². The van der Waals surface area contributed by atoms with Gasteiger partial charge in [0.15, 0.2) is 0 Å². The maximum absolute atomic E-state index is 12.5. The number of carboxylic acid groups (broad SMARTS) is 1. The summed E-state index contributed by atoms with van der Waals surface area (Å²) >= 11 is 0. The Morgan fingerprint density at radius 3 is 2.63 bits per heavy atom. The number of aryl methyl sites for hydroxylation is 1. The van der Waals surface area contributed by atoms with Crippen molar-refractivity contribution in [1.29, 1.82) is 0 Å². The van der Waals surface area contributed by atoms with Crippen LogP contribution in [0.1, 0.15) is 47.5 Å². The molecule has 7 nitrogen and oxygen atoms in total. The summed E-state index contributed by atoms with van der Waals surface area (Å²) in [6, 6.07) is 7.21. The monoisotopic (exact) mass is 372 g/mol. The zero-order valence-electron chi connectivity index (χ0n) is 15.7. The fourth-order valence-corrected chi connectivity index (χ4v) is 2.68. The lowest BCUT2D eigenvalue weighted by atomic mass is 10.1. The third kappa shape index (κ3) is 5.99. The maximum atomic E-state index is 12.5. The van der Waals surface area contributed by atoms with Crippen LogP contribution in [0, 0.1) is 12.8 Å². The lowest BCUT2D eigenvalue weighted by Gasteiger charge is -2.10. The van der Waals surface area contributed by atoms with E-state index in [4.69, 9.17) is 9.52 Å². The highest BCUT2D eigenvalue weighted by Gasteiger charge is 2.20. The molecule has 0 spiro atoms. The van der Waals surface area contributed by atoms with E-state index in [1.165, 1.54) is 6.26 Å². The molecule has 2 amide bonds. The topological polar surface area (TPSA) is 109 Å². The van der Waals surface area contributed by atoms with Crippen LogP contribution >= 0.6 is 0 Å². The quantitative estimate of drug-likeness (QED) is 0.660. The molecule has 0 radical (unpaired) electrons. The molecule has 0 aliphatic rings. The summed E-state index contributed by atoms with van der Waals surface area (Å²) in [5.41, 5.74) is 2.31. The predicted molar refractivity (Wildman–Crippen MR) is 100 cm³/mol. The van der Waals surface area contributed by atoms with Gasteiger partial charge in [-0.1, -0.05) is 26.0 Å². The Morgan fingerprint density at radius 2 is 1.96 bits per heavy atom. The van der Waals surface area contributed by atoms with Gasteiger partial charge in [-0.3, -0.25) is 14.4 Å². The van der Waals surface area contributed by atoms with Crippen molar-refractivity contribution in [2.75, 3.05) is 5.32 Å². The first-order valence-electron chi connectivity index (χ1n) is 8.72. The van der Waals surface area contributed by atoms with Crippen molar-refractivity contribution >= 4 is 23.5 Å². The Morgan fingerprint density at radius 1 is 1.22 bits per heavy atom. The van der Waals surface area contributed by atoms with Crippen LogP contribution in [0.4, 0.5) is 5.69 Å². The highest BCUT2D eigenvalue weighted by molar-refractivity contribution is 5.97. The number of benzene rings is 1. The number of carbonyl (C=O) groups excluding carboxylic acids is 2. The van der Waals surface area contributed by atoms with E-state index in [9.17, 15) is 14.4 Å². The zero-order valence-corrected chi connectivity index (χ0v) is 15.7. The molecule has 27 heavy (non-hydrogen) atoms. The molecule has 0 unspecified atom stereocenters. The van der Waals surface area contributed by atoms with Gasteiger partial charge >= 0.3 is 5.97 Å². The van der Waals surface area contributed by atoms with Crippen LogP contribution in [0.15, 0.2) is 34.9 Å². The summed E-state index contributed by atoms with van der Waals surface area (Å²) < 4.78 is 5.18. The summed E-state index contributed by atoms with van der Waals surface area (Å²) in [6.45, 7) is 5.88. The van der Waals surface area contributed by atoms with Crippen molar-refractivity contribution in [3.05, 3.63) is 53.0 Å². The second-order valence-corrected chi connectivity index (χ2v) is 6.82. The van der Waals surface area contributed by atoms with Gasteiger partial charge in [0, 0.05) is 24.2 Å². The van der Waals surface area contributed by atoms with Crippen LogP contribution in [0.3, 0.4) is 0 Å². The summed E-state index contributed by atoms with van der Waals surface area (Å²) in [6.07, 6.45) is 1.46. The highest BCUT2D eigenvalue weighted by atomic mass is 16.4. The number of hydrogen-bond acceptors (Lipinski definition) is 4. The van der Waals surface area contributed by atoms with E-state index in [0.717, 1.165) is 5.56 Å². The molecule has 7 heteroatoms. The van der Waals surface area contributed by atoms with Crippen molar-refractivity contribution in [3.8, 4) is 0 Å². The summed E-state index contributed by atoms with van der Waals surface area (Å²) in [5, 5.41) is 14.5. The Kier molecular flexibility index (Phi) is 6.76. The van der Waals surface area contributed by atoms with Crippen LogP contribution in [0.25, 0.3) is 0 Å². The number of anilines is 1. The summed E-state index contributed by atoms with van der Waals surface area (Å²) in [4.78, 5) is 35.2. The lowest BCUT2D eigenvalue weighted by molar-refractivity contribution is -0.136. The molecular formula is C20H24N2O5. The van der Waals surface area contributed by atoms with Crippen LogP contribution in [-0.2, 0) is 22.6 Å².